The number of piperazine rings is 1. The highest BCUT2D eigenvalue weighted by Gasteiger charge is 2.17. The monoisotopic (exact) mass is 440 g/mol. The van der Waals surface area contributed by atoms with Crippen molar-refractivity contribution < 1.29 is 13.2 Å². The Labute approximate surface area is 184 Å². The molecule has 0 unspecified atom stereocenters. The SMILES string of the molecule is C#CCNS(=O)(=O)c1ccc(C(=O)Nc2ccc(N3CCN(CC)CC3)cc2C)cc1. The van der Waals surface area contributed by atoms with Gasteiger partial charge in [-0.15, -0.1) is 6.42 Å². The second-order valence-electron chi connectivity index (χ2n) is 7.43. The molecule has 8 heteroatoms. The number of carbonyl (C=O) groups is 1. The van der Waals surface area contributed by atoms with Crippen LogP contribution in [0.3, 0.4) is 0 Å². The lowest BCUT2D eigenvalue weighted by atomic mass is 10.1. The Morgan fingerprint density at radius 1 is 1.10 bits per heavy atom. The van der Waals surface area contributed by atoms with Crippen molar-refractivity contribution in [1.82, 2.24) is 9.62 Å². The van der Waals surface area contributed by atoms with Crippen LogP contribution in [0.15, 0.2) is 47.4 Å². The summed E-state index contributed by atoms with van der Waals surface area (Å²) in [6, 6.07) is 11.8. The Balaban J connectivity index is 1.66. The minimum Gasteiger partial charge on any atom is -0.369 e. The fraction of sp³-hybridized carbons (Fsp3) is 0.348. The van der Waals surface area contributed by atoms with Crippen LogP contribution in [-0.4, -0.2) is 58.5 Å². The van der Waals surface area contributed by atoms with Gasteiger partial charge in [-0.2, -0.15) is 4.72 Å². The average Bonchev–Trinajstić information content (AvgIpc) is 2.79. The molecule has 1 aliphatic heterocycles. The summed E-state index contributed by atoms with van der Waals surface area (Å²) in [6.07, 6.45) is 5.09. The lowest BCUT2D eigenvalue weighted by Gasteiger charge is -2.35. The summed E-state index contributed by atoms with van der Waals surface area (Å²) in [6.45, 7) is 9.22. The smallest absolute Gasteiger partial charge is 0.255 e. The molecule has 0 aromatic heterocycles. The molecule has 0 atom stereocenters. The van der Waals surface area contributed by atoms with Crippen LogP contribution in [0.25, 0.3) is 0 Å². The van der Waals surface area contributed by atoms with E-state index in [0.29, 0.717) is 5.56 Å². The first-order valence-electron chi connectivity index (χ1n) is 10.3. The molecular weight excluding hydrogens is 412 g/mol. The third-order valence-electron chi connectivity index (χ3n) is 5.43. The standard InChI is InChI=1S/C23H28N4O3S/c1-4-12-24-31(29,30)21-9-6-19(7-10-21)23(28)25-22-11-8-20(17-18(22)3)27-15-13-26(5-2)14-16-27/h1,6-11,17,24H,5,12-16H2,2-3H3,(H,25,28). The van der Waals surface area contributed by atoms with Gasteiger partial charge >= 0.3 is 0 Å². The average molecular weight is 441 g/mol. The van der Waals surface area contributed by atoms with Crippen LogP contribution in [-0.2, 0) is 10.0 Å². The molecule has 2 aromatic carbocycles. The van der Waals surface area contributed by atoms with E-state index in [4.69, 9.17) is 6.42 Å². The maximum Gasteiger partial charge on any atom is 0.255 e. The van der Waals surface area contributed by atoms with Crippen LogP contribution in [0, 0.1) is 19.3 Å². The van der Waals surface area contributed by atoms with E-state index < -0.39 is 10.0 Å². The van der Waals surface area contributed by atoms with Gasteiger partial charge < -0.3 is 15.1 Å². The quantitative estimate of drug-likeness (QED) is 0.646. The van der Waals surface area contributed by atoms with Crippen molar-refractivity contribution in [2.24, 2.45) is 0 Å². The molecule has 0 aliphatic carbocycles. The zero-order chi connectivity index (χ0) is 22.4. The fourth-order valence-electron chi connectivity index (χ4n) is 3.51. The van der Waals surface area contributed by atoms with E-state index in [0.717, 1.165) is 49.7 Å². The number of nitrogens with one attached hydrogen (secondary N) is 2. The molecule has 1 aliphatic rings. The number of terminal acetylenes is 1. The van der Waals surface area contributed by atoms with E-state index in [1.807, 2.05) is 19.1 Å². The van der Waals surface area contributed by atoms with Crippen molar-refractivity contribution in [1.29, 1.82) is 0 Å². The number of likely N-dealkylation sites (N-methyl/N-ethyl adjacent to an activating group) is 1. The van der Waals surface area contributed by atoms with Gasteiger partial charge in [0.2, 0.25) is 10.0 Å². The summed E-state index contributed by atoms with van der Waals surface area (Å²) in [4.78, 5) is 17.5. The van der Waals surface area contributed by atoms with Gasteiger partial charge in [-0.3, -0.25) is 4.79 Å². The number of sulfonamides is 1. The minimum atomic E-state index is -3.68. The number of carbonyl (C=O) groups excluding carboxylic acids is 1. The van der Waals surface area contributed by atoms with Gasteiger partial charge in [0, 0.05) is 43.1 Å². The van der Waals surface area contributed by atoms with Gasteiger partial charge in [-0.25, -0.2) is 8.42 Å². The van der Waals surface area contributed by atoms with Crippen molar-refractivity contribution in [3.63, 3.8) is 0 Å². The molecule has 1 amide bonds. The Hall–Kier alpha value is -2.86. The number of hydrogen-bond acceptors (Lipinski definition) is 5. The number of rotatable bonds is 7. The van der Waals surface area contributed by atoms with Gasteiger partial charge in [0.1, 0.15) is 0 Å². The number of anilines is 2. The molecule has 3 rings (SSSR count). The number of benzene rings is 2. The van der Waals surface area contributed by atoms with Crippen molar-refractivity contribution in [3.8, 4) is 12.3 Å². The highest BCUT2D eigenvalue weighted by Crippen LogP contribution is 2.24. The first-order chi connectivity index (χ1) is 14.8. The molecule has 1 fully saturated rings. The molecule has 0 spiro atoms. The van der Waals surface area contributed by atoms with Gasteiger partial charge in [0.05, 0.1) is 11.4 Å². The second kappa shape index (κ2) is 9.96. The normalized spacial score (nSPS) is 14.8. The molecular formula is C23H28N4O3S. The topological polar surface area (TPSA) is 81.7 Å². The molecule has 1 saturated heterocycles. The lowest BCUT2D eigenvalue weighted by Crippen LogP contribution is -2.46. The van der Waals surface area contributed by atoms with E-state index in [1.54, 1.807) is 0 Å². The lowest BCUT2D eigenvalue weighted by molar-refractivity contribution is 0.102. The maximum absolute atomic E-state index is 12.6. The van der Waals surface area contributed by atoms with E-state index >= 15 is 0 Å². The van der Waals surface area contributed by atoms with E-state index in [-0.39, 0.29) is 17.3 Å². The van der Waals surface area contributed by atoms with Crippen LogP contribution >= 0.6 is 0 Å². The van der Waals surface area contributed by atoms with Crippen LogP contribution in [0.4, 0.5) is 11.4 Å². The zero-order valence-corrected chi connectivity index (χ0v) is 18.7. The minimum absolute atomic E-state index is 0.0583. The third-order valence-corrected chi connectivity index (χ3v) is 6.85. The van der Waals surface area contributed by atoms with Crippen molar-refractivity contribution >= 4 is 27.3 Å². The second-order valence-corrected chi connectivity index (χ2v) is 9.19. The summed E-state index contributed by atoms with van der Waals surface area (Å²) in [5.74, 6) is 1.93. The Bertz CT molecular complexity index is 1070. The molecule has 0 bridgehead atoms. The summed E-state index contributed by atoms with van der Waals surface area (Å²) in [5, 5.41) is 2.91. The predicted octanol–water partition coefficient (Wildman–Crippen LogP) is 2.30. The van der Waals surface area contributed by atoms with Gasteiger partial charge in [0.15, 0.2) is 0 Å². The van der Waals surface area contributed by atoms with Crippen LogP contribution in [0.1, 0.15) is 22.8 Å². The van der Waals surface area contributed by atoms with E-state index in [1.165, 1.54) is 24.3 Å². The van der Waals surface area contributed by atoms with Crippen LogP contribution in [0.2, 0.25) is 0 Å². The van der Waals surface area contributed by atoms with Gasteiger partial charge in [-0.05, 0) is 61.5 Å². The molecule has 0 radical (unpaired) electrons. The Kier molecular flexibility index (Phi) is 7.33. The number of aryl methyl sites for hydroxylation is 1. The third kappa shape index (κ3) is 5.64. The van der Waals surface area contributed by atoms with E-state index in [2.05, 4.69) is 38.7 Å². The summed E-state index contributed by atoms with van der Waals surface area (Å²) in [5.41, 5.74) is 3.23. The van der Waals surface area contributed by atoms with Crippen molar-refractivity contribution in [2.75, 3.05) is 49.5 Å². The molecule has 31 heavy (non-hydrogen) atoms. The Morgan fingerprint density at radius 2 is 1.77 bits per heavy atom. The molecule has 2 aromatic rings. The van der Waals surface area contributed by atoms with Crippen LogP contribution in [0.5, 0.6) is 0 Å². The molecule has 1 heterocycles. The Morgan fingerprint density at radius 3 is 2.35 bits per heavy atom. The first kappa shape index (κ1) is 22.8. The maximum atomic E-state index is 12.6. The van der Waals surface area contributed by atoms with E-state index in [9.17, 15) is 13.2 Å². The first-order valence-corrected chi connectivity index (χ1v) is 11.7. The number of amides is 1. The van der Waals surface area contributed by atoms with Crippen LogP contribution < -0.4 is 14.9 Å². The fourth-order valence-corrected chi connectivity index (χ4v) is 4.44. The highest BCUT2D eigenvalue weighted by molar-refractivity contribution is 7.89. The van der Waals surface area contributed by atoms with Crippen molar-refractivity contribution in [3.05, 3.63) is 53.6 Å². The number of nitrogens with zero attached hydrogens (tertiary/aromatic N) is 2. The summed E-state index contributed by atoms with van der Waals surface area (Å²) >= 11 is 0. The molecule has 7 nitrogen and oxygen atoms in total. The summed E-state index contributed by atoms with van der Waals surface area (Å²) < 4.78 is 26.5. The summed E-state index contributed by atoms with van der Waals surface area (Å²) in [7, 11) is -3.68. The highest BCUT2D eigenvalue weighted by atomic mass is 32.2. The van der Waals surface area contributed by atoms with Gasteiger partial charge in [-0.1, -0.05) is 12.8 Å². The van der Waals surface area contributed by atoms with Crippen molar-refractivity contribution in [2.45, 2.75) is 18.7 Å². The molecule has 0 saturated carbocycles. The number of hydrogen-bond donors (Lipinski definition) is 2. The largest absolute Gasteiger partial charge is 0.369 e. The molecule has 164 valence electrons. The van der Waals surface area contributed by atoms with Gasteiger partial charge in [0.25, 0.3) is 5.91 Å². The predicted molar refractivity (Wildman–Crippen MR) is 124 cm³/mol. The molecule has 2 N–H and O–H groups in total. The zero-order valence-electron chi connectivity index (χ0n) is 17.9.